The van der Waals surface area contributed by atoms with Crippen molar-refractivity contribution in [1.82, 2.24) is 40.0 Å². The summed E-state index contributed by atoms with van der Waals surface area (Å²) in [7, 11) is 1.69. The van der Waals surface area contributed by atoms with E-state index in [2.05, 4.69) is 30.9 Å². The monoisotopic (exact) mass is 380 g/mol. The second-order valence-corrected chi connectivity index (χ2v) is 6.23. The third-order valence-corrected chi connectivity index (χ3v) is 4.44. The molecule has 3 aromatic heterocycles. The standard InChI is InChI=1S/C17H16N8O3/c1-24-6-5-19-14(24)17(15(27)22-16(28)23-17)9-21-13(26)12-3-2-11(8-20-12)25-7-4-18-10-25/h2-8,10H,9H2,1H3,(H,21,26)(H2,22,23,27,28). The van der Waals surface area contributed by atoms with Gasteiger partial charge in [-0.1, -0.05) is 0 Å². The number of imidazole rings is 2. The zero-order chi connectivity index (χ0) is 19.7. The second kappa shape index (κ2) is 6.61. The van der Waals surface area contributed by atoms with Crippen LogP contribution in [0.3, 0.4) is 0 Å². The lowest BCUT2D eigenvalue weighted by Gasteiger charge is -2.25. The molecular weight excluding hydrogens is 364 g/mol. The molecule has 1 aliphatic heterocycles. The van der Waals surface area contributed by atoms with E-state index in [1.165, 1.54) is 12.4 Å². The van der Waals surface area contributed by atoms with Crippen LogP contribution < -0.4 is 16.0 Å². The molecule has 1 fully saturated rings. The maximum absolute atomic E-state index is 12.5. The molecule has 142 valence electrons. The first kappa shape index (κ1) is 17.4. The molecule has 0 saturated carbocycles. The second-order valence-electron chi connectivity index (χ2n) is 6.23. The van der Waals surface area contributed by atoms with Gasteiger partial charge >= 0.3 is 6.03 Å². The number of nitrogens with zero attached hydrogens (tertiary/aromatic N) is 5. The number of amides is 4. The number of aryl methyl sites for hydroxylation is 1. The molecule has 4 rings (SSSR count). The van der Waals surface area contributed by atoms with Gasteiger partial charge in [0.15, 0.2) is 5.54 Å². The summed E-state index contributed by atoms with van der Waals surface area (Å²) in [6.07, 6.45) is 9.71. The van der Waals surface area contributed by atoms with Crippen LogP contribution in [0.15, 0.2) is 49.4 Å². The number of hydrogen-bond acceptors (Lipinski definition) is 6. The summed E-state index contributed by atoms with van der Waals surface area (Å²) in [6, 6.07) is 2.64. The molecule has 0 aromatic carbocycles. The number of carbonyl (C=O) groups is 3. The predicted octanol–water partition coefficient (Wildman–Crippen LogP) is -0.534. The van der Waals surface area contributed by atoms with E-state index in [1.54, 1.807) is 53.2 Å². The number of urea groups is 1. The molecule has 28 heavy (non-hydrogen) atoms. The molecule has 0 radical (unpaired) electrons. The van der Waals surface area contributed by atoms with Gasteiger partial charge < -0.3 is 19.8 Å². The molecule has 11 heteroatoms. The van der Waals surface area contributed by atoms with E-state index in [1.807, 2.05) is 0 Å². The third-order valence-electron chi connectivity index (χ3n) is 4.44. The highest BCUT2D eigenvalue weighted by molar-refractivity contribution is 6.07. The van der Waals surface area contributed by atoms with Crippen molar-refractivity contribution >= 4 is 17.8 Å². The largest absolute Gasteiger partial charge is 0.347 e. The number of carbonyl (C=O) groups excluding carboxylic acids is 3. The van der Waals surface area contributed by atoms with Crippen molar-refractivity contribution < 1.29 is 14.4 Å². The molecule has 3 N–H and O–H groups in total. The van der Waals surface area contributed by atoms with Crippen LogP contribution in [0.2, 0.25) is 0 Å². The fourth-order valence-electron chi connectivity index (χ4n) is 3.02. The van der Waals surface area contributed by atoms with Crippen molar-refractivity contribution in [3.8, 4) is 5.69 Å². The van der Waals surface area contributed by atoms with Gasteiger partial charge in [-0.3, -0.25) is 14.9 Å². The van der Waals surface area contributed by atoms with Crippen LogP contribution in [0.4, 0.5) is 4.79 Å². The molecule has 0 spiro atoms. The minimum atomic E-state index is -1.50. The molecule has 1 aliphatic rings. The van der Waals surface area contributed by atoms with Crippen LogP contribution in [0.25, 0.3) is 5.69 Å². The van der Waals surface area contributed by atoms with Gasteiger partial charge in [-0.05, 0) is 12.1 Å². The van der Waals surface area contributed by atoms with Gasteiger partial charge in [0.05, 0.1) is 24.8 Å². The van der Waals surface area contributed by atoms with E-state index in [-0.39, 0.29) is 12.2 Å². The zero-order valence-corrected chi connectivity index (χ0v) is 14.8. The Morgan fingerprint density at radius 1 is 1.21 bits per heavy atom. The number of imide groups is 1. The zero-order valence-electron chi connectivity index (χ0n) is 14.8. The number of nitrogens with one attached hydrogen (secondary N) is 3. The summed E-state index contributed by atoms with van der Waals surface area (Å²) in [6.45, 7) is -0.181. The van der Waals surface area contributed by atoms with Gasteiger partial charge in [-0.15, -0.1) is 0 Å². The first-order chi connectivity index (χ1) is 13.5. The Kier molecular flexibility index (Phi) is 4.11. The molecule has 1 atom stereocenters. The molecule has 4 amide bonds. The Morgan fingerprint density at radius 2 is 2.07 bits per heavy atom. The quantitative estimate of drug-likeness (QED) is 0.509. The van der Waals surface area contributed by atoms with Crippen LogP contribution in [0, 0.1) is 0 Å². The van der Waals surface area contributed by atoms with Crippen molar-refractivity contribution in [2.75, 3.05) is 6.54 Å². The Morgan fingerprint density at radius 3 is 2.64 bits per heavy atom. The average Bonchev–Trinajstić information content (AvgIpc) is 3.41. The first-order valence-electron chi connectivity index (χ1n) is 8.33. The highest BCUT2D eigenvalue weighted by Gasteiger charge is 2.50. The van der Waals surface area contributed by atoms with Crippen LogP contribution in [0.1, 0.15) is 16.3 Å². The summed E-state index contributed by atoms with van der Waals surface area (Å²) >= 11 is 0. The smallest absolute Gasteiger partial charge is 0.322 e. The van der Waals surface area contributed by atoms with Gasteiger partial charge in [0.25, 0.3) is 11.8 Å². The summed E-state index contributed by atoms with van der Waals surface area (Å²) in [5.41, 5.74) is -0.577. The lowest BCUT2D eigenvalue weighted by Crippen LogP contribution is -2.54. The van der Waals surface area contributed by atoms with Gasteiger partial charge in [0, 0.05) is 31.8 Å². The molecule has 3 aromatic rings. The minimum Gasteiger partial charge on any atom is -0.347 e. The highest BCUT2D eigenvalue weighted by atomic mass is 16.2. The van der Waals surface area contributed by atoms with E-state index in [0.29, 0.717) is 5.82 Å². The maximum atomic E-state index is 12.5. The highest BCUT2D eigenvalue weighted by Crippen LogP contribution is 2.22. The molecule has 1 unspecified atom stereocenters. The number of pyridine rings is 1. The van der Waals surface area contributed by atoms with Crippen LogP contribution in [0.5, 0.6) is 0 Å². The van der Waals surface area contributed by atoms with Gasteiger partial charge in [-0.25, -0.2) is 19.7 Å². The average molecular weight is 380 g/mol. The molecule has 0 bridgehead atoms. The van der Waals surface area contributed by atoms with Crippen molar-refractivity contribution in [3.63, 3.8) is 0 Å². The SMILES string of the molecule is Cn1ccnc1C1(CNC(=O)c2ccc(-n3ccnc3)cn2)NC(=O)NC1=O. The van der Waals surface area contributed by atoms with E-state index >= 15 is 0 Å². The Bertz CT molecular complexity index is 1040. The number of aromatic nitrogens is 5. The predicted molar refractivity (Wildman–Crippen MR) is 95.3 cm³/mol. The Hall–Kier alpha value is -4.02. The molecule has 11 nitrogen and oxygen atoms in total. The van der Waals surface area contributed by atoms with Crippen molar-refractivity contribution in [3.05, 3.63) is 61.0 Å². The minimum absolute atomic E-state index is 0.170. The fourth-order valence-corrected chi connectivity index (χ4v) is 3.02. The van der Waals surface area contributed by atoms with E-state index in [9.17, 15) is 14.4 Å². The first-order valence-corrected chi connectivity index (χ1v) is 8.33. The summed E-state index contributed by atoms with van der Waals surface area (Å²) in [4.78, 5) is 49.0. The molecular formula is C17H16N8O3. The van der Waals surface area contributed by atoms with Crippen LogP contribution >= 0.6 is 0 Å². The lowest BCUT2D eigenvalue weighted by atomic mass is 9.98. The normalized spacial score (nSPS) is 18.6. The topological polar surface area (TPSA) is 136 Å². The van der Waals surface area contributed by atoms with Crippen LogP contribution in [-0.2, 0) is 17.4 Å². The van der Waals surface area contributed by atoms with Gasteiger partial charge in [0.1, 0.15) is 11.5 Å². The molecule has 4 heterocycles. The lowest BCUT2D eigenvalue weighted by molar-refractivity contribution is -0.124. The summed E-state index contributed by atoms with van der Waals surface area (Å²) in [5, 5.41) is 7.41. The fraction of sp³-hybridized carbons (Fsp3) is 0.176. The number of rotatable bonds is 5. The Balaban J connectivity index is 1.53. The van der Waals surface area contributed by atoms with Gasteiger partial charge in [-0.2, -0.15) is 0 Å². The van der Waals surface area contributed by atoms with E-state index < -0.39 is 23.4 Å². The van der Waals surface area contributed by atoms with Crippen molar-refractivity contribution in [2.45, 2.75) is 5.54 Å². The van der Waals surface area contributed by atoms with E-state index in [4.69, 9.17) is 0 Å². The molecule has 1 saturated heterocycles. The maximum Gasteiger partial charge on any atom is 0.322 e. The summed E-state index contributed by atoms with van der Waals surface area (Å²) in [5.74, 6) is -0.769. The van der Waals surface area contributed by atoms with Crippen LogP contribution in [-0.4, -0.2) is 48.5 Å². The number of hydrogen-bond donors (Lipinski definition) is 3. The summed E-state index contributed by atoms with van der Waals surface area (Å²) < 4.78 is 3.36. The van der Waals surface area contributed by atoms with Crippen molar-refractivity contribution in [2.24, 2.45) is 7.05 Å². The van der Waals surface area contributed by atoms with E-state index in [0.717, 1.165) is 5.69 Å². The Labute approximate surface area is 158 Å². The molecule has 0 aliphatic carbocycles. The van der Waals surface area contributed by atoms with Crippen molar-refractivity contribution in [1.29, 1.82) is 0 Å². The van der Waals surface area contributed by atoms with Gasteiger partial charge in [0.2, 0.25) is 0 Å². The third kappa shape index (κ3) is 2.88.